The molecule has 0 heterocycles. The minimum Gasteiger partial charge on any atom is -0.355 e. The van der Waals surface area contributed by atoms with E-state index in [2.05, 4.69) is 10.6 Å². The Morgan fingerprint density at radius 3 is 1.88 bits per heavy atom. The zero-order chi connectivity index (χ0) is 17.7. The third-order valence-corrected chi connectivity index (χ3v) is 3.72. The Kier molecular flexibility index (Phi) is 5.50. The first-order valence-corrected chi connectivity index (χ1v) is 7.59. The number of hydrogen-bond donors (Lipinski definition) is 2. The third-order valence-electron chi connectivity index (χ3n) is 2.98. The van der Waals surface area contributed by atoms with Gasteiger partial charge in [-0.3, -0.25) is 9.59 Å². The number of carbonyl (C=O) groups excluding carboxylic acids is 2. The summed E-state index contributed by atoms with van der Waals surface area (Å²) in [5.74, 6) is -0.697. The summed E-state index contributed by atoms with van der Waals surface area (Å²) in [6.45, 7) is 0. The van der Waals surface area contributed by atoms with Crippen molar-refractivity contribution in [1.82, 2.24) is 5.32 Å². The summed E-state index contributed by atoms with van der Waals surface area (Å²) >= 11 is -0.238. The van der Waals surface area contributed by atoms with E-state index in [-0.39, 0.29) is 28.1 Å². The SMILES string of the molecule is CNC(=O)c1ccc(NC(=O)c2ccc(SC(F)(F)F)cc2)cc1. The lowest BCUT2D eigenvalue weighted by atomic mass is 10.1. The minimum absolute atomic E-state index is 0.00832. The van der Waals surface area contributed by atoms with Crippen LogP contribution in [0, 0.1) is 0 Å². The molecule has 0 fully saturated rings. The Hall–Kier alpha value is -2.48. The van der Waals surface area contributed by atoms with Crippen molar-refractivity contribution in [2.24, 2.45) is 0 Å². The van der Waals surface area contributed by atoms with Crippen molar-refractivity contribution in [3.63, 3.8) is 0 Å². The van der Waals surface area contributed by atoms with Gasteiger partial charge in [-0.15, -0.1) is 0 Å². The van der Waals surface area contributed by atoms with Gasteiger partial charge in [0, 0.05) is 28.8 Å². The van der Waals surface area contributed by atoms with Crippen LogP contribution in [0.15, 0.2) is 53.4 Å². The summed E-state index contributed by atoms with van der Waals surface area (Å²) in [5.41, 5.74) is -3.21. The molecule has 4 nitrogen and oxygen atoms in total. The van der Waals surface area contributed by atoms with Crippen molar-refractivity contribution < 1.29 is 22.8 Å². The quantitative estimate of drug-likeness (QED) is 0.819. The van der Waals surface area contributed by atoms with Gasteiger partial charge in [0.2, 0.25) is 0 Å². The van der Waals surface area contributed by atoms with Crippen molar-refractivity contribution in [2.75, 3.05) is 12.4 Å². The van der Waals surface area contributed by atoms with Crippen molar-refractivity contribution >= 4 is 29.3 Å². The molecule has 2 rings (SSSR count). The van der Waals surface area contributed by atoms with Crippen molar-refractivity contribution in [2.45, 2.75) is 10.4 Å². The molecular formula is C16H13F3N2O2S. The van der Waals surface area contributed by atoms with Gasteiger partial charge in [-0.25, -0.2) is 0 Å². The van der Waals surface area contributed by atoms with E-state index in [0.717, 1.165) is 0 Å². The monoisotopic (exact) mass is 354 g/mol. The Morgan fingerprint density at radius 2 is 1.38 bits per heavy atom. The second kappa shape index (κ2) is 7.39. The van der Waals surface area contributed by atoms with Crippen LogP contribution >= 0.6 is 11.8 Å². The lowest BCUT2D eigenvalue weighted by Gasteiger charge is -2.08. The molecule has 8 heteroatoms. The van der Waals surface area contributed by atoms with E-state index in [4.69, 9.17) is 0 Å². The number of anilines is 1. The number of carbonyl (C=O) groups is 2. The summed E-state index contributed by atoms with van der Waals surface area (Å²) in [5, 5.41) is 5.09. The van der Waals surface area contributed by atoms with Crippen LogP contribution in [0.2, 0.25) is 0 Å². The average Bonchev–Trinajstić information content (AvgIpc) is 2.54. The largest absolute Gasteiger partial charge is 0.446 e. The lowest BCUT2D eigenvalue weighted by Crippen LogP contribution is -2.17. The first-order chi connectivity index (χ1) is 11.3. The smallest absolute Gasteiger partial charge is 0.355 e. The van der Waals surface area contributed by atoms with Gasteiger partial charge in [0.25, 0.3) is 11.8 Å². The summed E-state index contributed by atoms with van der Waals surface area (Å²) in [6.07, 6.45) is 0. The topological polar surface area (TPSA) is 58.2 Å². The maximum Gasteiger partial charge on any atom is 0.446 e. The standard InChI is InChI=1S/C16H13F3N2O2S/c1-20-14(22)10-2-6-12(7-3-10)21-15(23)11-4-8-13(9-5-11)24-16(17,18)19/h2-9H,1H3,(H,20,22)(H,21,23). The Morgan fingerprint density at radius 1 is 0.875 bits per heavy atom. The highest BCUT2D eigenvalue weighted by Gasteiger charge is 2.29. The highest BCUT2D eigenvalue weighted by molar-refractivity contribution is 8.00. The van der Waals surface area contributed by atoms with Gasteiger partial charge in [0.05, 0.1) is 0 Å². The van der Waals surface area contributed by atoms with Crippen LogP contribution in [-0.2, 0) is 0 Å². The highest BCUT2D eigenvalue weighted by atomic mass is 32.2. The summed E-state index contributed by atoms with van der Waals surface area (Å²) in [4.78, 5) is 23.5. The fourth-order valence-corrected chi connectivity index (χ4v) is 2.40. The van der Waals surface area contributed by atoms with Crippen LogP contribution in [0.4, 0.5) is 18.9 Å². The van der Waals surface area contributed by atoms with E-state index < -0.39 is 11.4 Å². The normalized spacial score (nSPS) is 11.0. The van der Waals surface area contributed by atoms with E-state index in [1.807, 2.05) is 0 Å². The molecule has 0 atom stereocenters. The average molecular weight is 354 g/mol. The van der Waals surface area contributed by atoms with E-state index in [9.17, 15) is 22.8 Å². The van der Waals surface area contributed by atoms with Crippen LogP contribution < -0.4 is 10.6 Å². The molecule has 0 radical (unpaired) electrons. The number of rotatable bonds is 4. The molecule has 24 heavy (non-hydrogen) atoms. The predicted octanol–water partition coefficient (Wildman–Crippen LogP) is 3.91. The van der Waals surface area contributed by atoms with Gasteiger partial charge >= 0.3 is 5.51 Å². The minimum atomic E-state index is -4.36. The van der Waals surface area contributed by atoms with Gasteiger partial charge in [-0.1, -0.05) is 0 Å². The Labute approximate surface area is 140 Å². The van der Waals surface area contributed by atoms with Gasteiger partial charge in [-0.2, -0.15) is 13.2 Å². The predicted molar refractivity (Wildman–Crippen MR) is 86.1 cm³/mol. The third kappa shape index (κ3) is 5.02. The molecule has 0 saturated heterocycles. The van der Waals surface area contributed by atoms with Gasteiger partial charge in [0.1, 0.15) is 0 Å². The highest BCUT2D eigenvalue weighted by Crippen LogP contribution is 2.36. The molecule has 0 aliphatic heterocycles. The van der Waals surface area contributed by atoms with Crippen LogP contribution in [0.3, 0.4) is 0 Å². The van der Waals surface area contributed by atoms with E-state index in [0.29, 0.717) is 11.3 Å². The van der Waals surface area contributed by atoms with Gasteiger partial charge in [0.15, 0.2) is 0 Å². The second-order valence-electron chi connectivity index (χ2n) is 4.68. The molecule has 2 N–H and O–H groups in total. The van der Waals surface area contributed by atoms with E-state index in [1.165, 1.54) is 31.3 Å². The fraction of sp³-hybridized carbons (Fsp3) is 0.125. The van der Waals surface area contributed by atoms with E-state index >= 15 is 0 Å². The number of hydrogen-bond acceptors (Lipinski definition) is 3. The number of benzene rings is 2. The summed E-state index contributed by atoms with van der Waals surface area (Å²) in [7, 11) is 1.51. The van der Waals surface area contributed by atoms with E-state index in [1.54, 1.807) is 24.3 Å². The van der Waals surface area contributed by atoms with Crippen molar-refractivity contribution in [3.05, 3.63) is 59.7 Å². The Balaban J connectivity index is 2.03. The Bertz CT molecular complexity index is 728. The number of amides is 2. The molecule has 0 spiro atoms. The number of halogens is 3. The molecule has 2 aromatic carbocycles. The molecule has 0 aliphatic carbocycles. The maximum atomic E-state index is 12.3. The molecular weight excluding hydrogens is 341 g/mol. The lowest BCUT2D eigenvalue weighted by molar-refractivity contribution is -0.0328. The van der Waals surface area contributed by atoms with Crippen LogP contribution in [0.5, 0.6) is 0 Å². The number of alkyl halides is 3. The first kappa shape index (κ1) is 17.9. The van der Waals surface area contributed by atoms with Gasteiger partial charge < -0.3 is 10.6 Å². The number of thioether (sulfide) groups is 1. The summed E-state index contributed by atoms with van der Waals surface area (Å²) < 4.78 is 36.8. The molecule has 0 aromatic heterocycles. The van der Waals surface area contributed by atoms with Crippen molar-refractivity contribution in [3.8, 4) is 0 Å². The molecule has 2 amide bonds. The molecule has 0 unspecified atom stereocenters. The molecule has 126 valence electrons. The zero-order valence-corrected chi connectivity index (χ0v) is 13.3. The molecule has 2 aromatic rings. The van der Waals surface area contributed by atoms with Gasteiger partial charge in [-0.05, 0) is 60.3 Å². The van der Waals surface area contributed by atoms with Crippen LogP contribution in [-0.4, -0.2) is 24.4 Å². The molecule has 0 bridgehead atoms. The zero-order valence-electron chi connectivity index (χ0n) is 12.5. The van der Waals surface area contributed by atoms with Crippen LogP contribution in [0.25, 0.3) is 0 Å². The molecule has 0 aliphatic rings. The second-order valence-corrected chi connectivity index (χ2v) is 5.82. The van der Waals surface area contributed by atoms with Crippen molar-refractivity contribution in [1.29, 1.82) is 0 Å². The maximum absolute atomic E-state index is 12.3. The summed E-state index contributed by atoms with van der Waals surface area (Å²) in [6, 6.07) is 11.4. The fourth-order valence-electron chi connectivity index (χ4n) is 1.86. The van der Waals surface area contributed by atoms with Crippen LogP contribution in [0.1, 0.15) is 20.7 Å². The number of nitrogens with one attached hydrogen (secondary N) is 2. The molecule has 0 saturated carbocycles. The first-order valence-electron chi connectivity index (χ1n) is 6.78.